The van der Waals surface area contributed by atoms with E-state index in [1.165, 1.54) is 0 Å². The van der Waals surface area contributed by atoms with Gasteiger partial charge in [-0.2, -0.15) is 0 Å². The maximum Gasteiger partial charge on any atom is 0.166 e. The fourth-order valence-electron chi connectivity index (χ4n) is 1.70. The number of hydrogen-bond acceptors (Lipinski definition) is 1. The van der Waals surface area contributed by atoms with E-state index in [9.17, 15) is 4.79 Å². The molecule has 1 aromatic carbocycles. The zero-order valence-corrected chi connectivity index (χ0v) is 7.50. The Balaban J connectivity index is 2.81. The molecule has 0 atom stereocenters. The Labute approximate surface area is 76.6 Å². The number of hydrogen-bond donors (Lipinski definition) is 1. The van der Waals surface area contributed by atoms with Gasteiger partial charge in [0.05, 0.1) is 5.69 Å². The van der Waals surface area contributed by atoms with Gasteiger partial charge in [0.15, 0.2) is 6.29 Å². The van der Waals surface area contributed by atoms with Crippen LogP contribution >= 0.6 is 0 Å². The lowest BCUT2D eigenvalue weighted by Crippen LogP contribution is -1.85. The average molecular weight is 173 g/mol. The summed E-state index contributed by atoms with van der Waals surface area (Å²) in [6.07, 6.45) is 1.77. The molecule has 2 nitrogen and oxygen atoms in total. The van der Waals surface area contributed by atoms with Crippen LogP contribution in [-0.4, -0.2) is 11.3 Å². The van der Waals surface area contributed by atoms with Gasteiger partial charge in [0.25, 0.3) is 0 Å². The summed E-state index contributed by atoms with van der Waals surface area (Å²) < 4.78 is 0. The van der Waals surface area contributed by atoms with Crippen LogP contribution in [0, 0.1) is 0 Å². The Hall–Kier alpha value is -1.57. The predicted octanol–water partition coefficient (Wildman–Crippen LogP) is 2.54. The predicted molar refractivity (Wildman–Crippen MR) is 53.1 cm³/mol. The van der Waals surface area contributed by atoms with E-state index in [2.05, 4.69) is 11.9 Å². The Morgan fingerprint density at radius 1 is 1.38 bits per heavy atom. The number of aromatic amines is 1. The molecule has 2 aromatic rings. The quantitative estimate of drug-likeness (QED) is 0.695. The first-order valence-corrected chi connectivity index (χ1v) is 4.41. The number of aryl methyl sites for hydroxylation is 1. The number of benzene rings is 1. The van der Waals surface area contributed by atoms with E-state index < -0.39 is 0 Å². The zero-order chi connectivity index (χ0) is 9.26. The van der Waals surface area contributed by atoms with E-state index in [1.807, 2.05) is 24.3 Å². The van der Waals surface area contributed by atoms with E-state index >= 15 is 0 Å². The summed E-state index contributed by atoms with van der Waals surface area (Å²) in [7, 11) is 0. The monoisotopic (exact) mass is 173 g/mol. The van der Waals surface area contributed by atoms with Crippen molar-refractivity contribution in [3.05, 3.63) is 35.5 Å². The van der Waals surface area contributed by atoms with Crippen LogP contribution in [0.5, 0.6) is 0 Å². The van der Waals surface area contributed by atoms with Crippen LogP contribution in [0.3, 0.4) is 0 Å². The number of aldehydes is 1. The van der Waals surface area contributed by atoms with Gasteiger partial charge in [0, 0.05) is 10.9 Å². The summed E-state index contributed by atoms with van der Waals surface area (Å²) in [4.78, 5) is 13.8. The van der Waals surface area contributed by atoms with Gasteiger partial charge >= 0.3 is 0 Å². The number of rotatable bonds is 2. The largest absolute Gasteiger partial charge is 0.352 e. The summed E-state index contributed by atoms with van der Waals surface area (Å²) in [5.74, 6) is 0. The fourth-order valence-corrected chi connectivity index (χ4v) is 1.70. The number of H-pyrrole nitrogens is 1. The molecule has 0 spiro atoms. The first-order valence-electron chi connectivity index (χ1n) is 4.41. The van der Waals surface area contributed by atoms with Gasteiger partial charge in [-0.3, -0.25) is 4.79 Å². The van der Waals surface area contributed by atoms with Crippen LogP contribution in [0.4, 0.5) is 0 Å². The molecule has 1 N–H and O–H groups in total. The van der Waals surface area contributed by atoms with Gasteiger partial charge in [-0.25, -0.2) is 0 Å². The minimum absolute atomic E-state index is 0.712. The number of aromatic nitrogens is 1. The number of para-hydroxylation sites is 1. The lowest BCUT2D eigenvalue weighted by Gasteiger charge is -1.92. The maximum absolute atomic E-state index is 10.7. The van der Waals surface area contributed by atoms with Crippen molar-refractivity contribution < 1.29 is 4.79 Å². The molecule has 0 saturated carbocycles. The Bertz CT molecular complexity index is 442. The Morgan fingerprint density at radius 3 is 2.85 bits per heavy atom. The second-order valence-electron chi connectivity index (χ2n) is 3.03. The van der Waals surface area contributed by atoms with E-state index in [4.69, 9.17) is 0 Å². The molecule has 1 heterocycles. The molecule has 13 heavy (non-hydrogen) atoms. The van der Waals surface area contributed by atoms with Gasteiger partial charge < -0.3 is 4.98 Å². The SMILES string of the molecule is CCc1c(C=O)[nH]c2ccccc12. The van der Waals surface area contributed by atoms with Crippen LogP contribution in [0.1, 0.15) is 23.0 Å². The molecule has 2 rings (SSSR count). The van der Waals surface area contributed by atoms with Crippen molar-refractivity contribution in [2.75, 3.05) is 0 Å². The van der Waals surface area contributed by atoms with Crippen molar-refractivity contribution >= 4 is 17.2 Å². The Morgan fingerprint density at radius 2 is 2.15 bits per heavy atom. The second kappa shape index (κ2) is 3.05. The topological polar surface area (TPSA) is 32.9 Å². The third-order valence-electron chi connectivity index (χ3n) is 2.32. The highest BCUT2D eigenvalue weighted by atomic mass is 16.1. The maximum atomic E-state index is 10.7. The zero-order valence-electron chi connectivity index (χ0n) is 7.50. The molecule has 0 aliphatic rings. The molecule has 0 saturated heterocycles. The van der Waals surface area contributed by atoms with Gasteiger partial charge in [-0.1, -0.05) is 25.1 Å². The number of nitrogens with one attached hydrogen (secondary N) is 1. The molecule has 2 heteroatoms. The first-order chi connectivity index (χ1) is 6.36. The molecule has 0 fully saturated rings. The van der Waals surface area contributed by atoms with Crippen molar-refractivity contribution in [3.8, 4) is 0 Å². The molecule has 0 unspecified atom stereocenters. The number of carbonyl (C=O) groups is 1. The molecule has 66 valence electrons. The van der Waals surface area contributed by atoms with Crippen LogP contribution in [-0.2, 0) is 6.42 Å². The summed E-state index contributed by atoms with van der Waals surface area (Å²) in [6.45, 7) is 2.06. The third-order valence-corrected chi connectivity index (χ3v) is 2.32. The van der Waals surface area contributed by atoms with E-state index in [0.717, 1.165) is 29.2 Å². The average Bonchev–Trinajstić information content (AvgIpc) is 2.55. The standard InChI is InChI=1S/C11H11NO/c1-2-8-9-5-3-4-6-10(9)12-11(8)7-13/h3-7,12H,2H2,1H3. The molecular formula is C11H11NO. The fraction of sp³-hybridized carbons (Fsp3) is 0.182. The van der Waals surface area contributed by atoms with Crippen LogP contribution in [0.25, 0.3) is 10.9 Å². The van der Waals surface area contributed by atoms with Gasteiger partial charge in [0.2, 0.25) is 0 Å². The molecule has 0 amide bonds. The highest BCUT2D eigenvalue weighted by Crippen LogP contribution is 2.21. The highest BCUT2D eigenvalue weighted by Gasteiger charge is 2.07. The summed E-state index contributed by atoms with van der Waals surface area (Å²) in [5.41, 5.74) is 2.87. The lowest BCUT2D eigenvalue weighted by atomic mass is 10.1. The summed E-state index contributed by atoms with van der Waals surface area (Å²) >= 11 is 0. The molecule has 0 aliphatic carbocycles. The molecule has 0 radical (unpaired) electrons. The number of fused-ring (bicyclic) bond motifs is 1. The molecule has 0 bridgehead atoms. The van der Waals surface area contributed by atoms with Gasteiger partial charge in [0.1, 0.15) is 0 Å². The van der Waals surface area contributed by atoms with Crippen molar-refractivity contribution in [1.29, 1.82) is 0 Å². The van der Waals surface area contributed by atoms with Gasteiger partial charge in [-0.05, 0) is 18.1 Å². The molecule has 0 aliphatic heterocycles. The smallest absolute Gasteiger partial charge is 0.166 e. The van der Waals surface area contributed by atoms with E-state index in [1.54, 1.807) is 0 Å². The van der Waals surface area contributed by atoms with E-state index in [0.29, 0.717) is 5.69 Å². The first kappa shape index (κ1) is 8.05. The minimum Gasteiger partial charge on any atom is -0.352 e. The lowest BCUT2D eigenvalue weighted by molar-refractivity contribution is 0.111. The van der Waals surface area contributed by atoms with Crippen molar-refractivity contribution in [1.82, 2.24) is 4.98 Å². The van der Waals surface area contributed by atoms with Crippen molar-refractivity contribution in [2.24, 2.45) is 0 Å². The Kier molecular flexibility index (Phi) is 1.89. The molecule has 1 aromatic heterocycles. The summed E-state index contributed by atoms with van der Waals surface area (Å²) in [5, 5.41) is 1.16. The highest BCUT2D eigenvalue weighted by molar-refractivity contribution is 5.92. The number of carbonyl (C=O) groups excluding carboxylic acids is 1. The van der Waals surface area contributed by atoms with E-state index in [-0.39, 0.29) is 0 Å². The van der Waals surface area contributed by atoms with Crippen molar-refractivity contribution in [3.63, 3.8) is 0 Å². The normalized spacial score (nSPS) is 10.5. The van der Waals surface area contributed by atoms with Crippen molar-refractivity contribution in [2.45, 2.75) is 13.3 Å². The minimum atomic E-state index is 0.712. The third kappa shape index (κ3) is 1.15. The van der Waals surface area contributed by atoms with Crippen LogP contribution in [0.2, 0.25) is 0 Å². The van der Waals surface area contributed by atoms with Gasteiger partial charge in [-0.15, -0.1) is 0 Å². The van der Waals surface area contributed by atoms with Crippen LogP contribution < -0.4 is 0 Å². The summed E-state index contributed by atoms with van der Waals surface area (Å²) in [6, 6.07) is 7.98. The molecular weight excluding hydrogens is 162 g/mol. The second-order valence-corrected chi connectivity index (χ2v) is 3.03. The van der Waals surface area contributed by atoms with Crippen LogP contribution in [0.15, 0.2) is 24.3 Å².